The topological polar surface area (TPSA) is 314 Å². The lowest BCUT2D eigenvalue weighted by Crippen LogP contribution is -2.25. The number of urea groups is 6. The van der Waals surface area contributed by atoms with Gasteiger partial charge in [0.25, 0.3) is 35.4 Å². The highest BCUT2D eigenvalue weighted by atomic mass is 35.5. The Labute approximate surface area is 602 Å². The fourth-order valence-corrected chi connectivity index (χ4v) is 10.8. The summed E-state index contributed by atoms with van der Waals surface area (Å²) in [5.74, 6) is -2.18. The molecule has 0 aliphatic carbocycles. The molecule has 6 aliphatic rings. The van der Waals surface area contributed by atoms with Crippen molar-refractivity contribution < 1.29 is 57.5 Å². The van der Waals surface area contributed by atoms with Crippen LogP contribution in [0.2, 0.25) is 20.1 Å². The predicted molar refractivity (Wildman–Crippen MR) is 387 cm³/mol. The van der Waals surface area contributed by atoms with Crippen LogP contribution >= 0.6 is 46.4 Å². The highest BCUT2D eigenvalue weighted by molar-refractivity contribution is 6.37. The molecule has 0 bridgehead atoms. The Kier molecular flexibility index (Phi) is 25.4. The van der Waals surface area contributed by atoms with Gasteiger partial charge in [0.1, 0.15) is 34.2 Å². The molecule has 6 aliphatic heterocycles. The second-order valence-corrected chi connectivity index (χ2v) is 25.5. The number of likely N-dealkylation sites (N-methyl/N-ethyl adjacent to an activating group) is 4. The molecule has 0 atom stereocenters. The van der Waals surface area contributed by atoms with Gasteiger partial charge in [-0.2, -0.15) is 0 Å². The van der Waals surface area contributed by atoms with Gasteiger partial charge in [-0.25, -0.2) is 28.8 Å². The fourth-order valence-electron chi connectivity index (χ4n) is 9.88. The standard InChI is InChI=1S/C15H18N2O2.C12H11ClN2O2.2C12H12N2O2.C11H8Cl2N2O2.C11H9ClN2O2/c1-9(12-13(18)17-14(19)16-12)10-5-7-11(8-6-10)15(2,3)4;1-7(8-5-3-4-6-9(8)13)10-11(16)14-12(17)15(10)2;1-8-4-3-5-9(6-8)7-10-11(15)14(2)12(16)13-10;1-7-5-3-4-6-9(7)8(2)10-11(15)14-12(16)13-10;1-15-10(16)9(14-11(15)17)5-6-7(12)3-2-4-8(6)13;1-14-10(15)9(13-11(14)16)6-7-2-4-8(12)5-3-7/h5-8H,1-4H3,(H2,16,17,18,19);3-6H,1-2H3,(H,14,16,17);3-7H,1-2H3,(H,13,16);3-6H,1-2H3,(H2,13,14,15,16);2-5H,1H3,(H,14,17);2-6H,1H3,(H,13,16)/b12-9-;2*10-7-;10-8-;9-5-;9-6-. The average molecular weight is 1450 g/mol. The van der Waals surface area contributed by atoms with E-state index in [2.05, 4.69) is 63.3 Å². The zero-order chi connectivity index (χ0) is 74.5. The van der Waals surface area contributed by atoms with Crippen LogP contribution < -0.4 is 42.5 Å². The molecule has 6 aromatic rings. The maximum Gasteiger partial charge on any atom is 0.328 e. The number of imide groups is 6. The maximum atomic E-state index is 11.6. The summed E-state index contributed by atoms with van der Waals surface area (Å²) in [5.41, 5.74) is 12.4. The Hall–Kier alpha value is -11.4. The summed E-state index contributed by atoms with van der Waals surface area (Å²) in [5, 5.41) is 21.1. The zero-order valence-electron chi connectivity index (χ0n) is 56.7. The van der Waals surface area contributed by atoms with E-state index in [0.717, 1.165) is 64.8 Å². The third-order valence-electron chi connectivity index (χ3n) is 15.6. The minimum absolute atomic E-state index is 0.0958. The summed E-state index contributed by atoms with van der Waals surface area (Å²) in [7, 11) is 5.83. The molecular formula is C73H70Cl4N12O12. The van der Waals surface area contributed by atoms with Crippen LogP contribution in [0.3, 0.4) is 0 Å². The van der Waals surface area contributed by atoms with Gasteiger partial charge in [0.2, 0.25) is 0 Å². The van der Waals surface area contributed by atoms with Gasteiger partial charge in [-0.1, -0.05) is 182 Å². The minimum atomic E-state index is -0.468. The molecule has 18 amide bonds. The number of nitrogens with one attached hydrogen (secondary N) is 8. The molecule has 6 heterocycles. The Balaban J connectivity index is 0.000000170. The van der Waals surface area contributed by atoms with Crippen molar-refractivity contribution in [1.29, 1.82) is 0 Å². The third kappa shape index (κ3) is 19.5. The number of benzene rings is 6. The van der Waals surface area contributed by atoms with E-state index >= 15 is 0 Å². The molecular weight excluding hydrogens is 1380 g/mol. The van der Waals surface area contributed by atoms with Crippen LogP contribution in [0.5, 0.6) is 0 Å². The summed E-state index contributed by atoms with van der Waals surface area (Å²) in [6, 6.07) is 40.1. The van der Waals surface area contributed by atoms with Crippen LogP contribution in [-0.4, -0.2) is 119 Å². The van der Waals surface area contributed by atoms with Gasteiger partial charge in [-0.05, 0) is 144 Å². The highest BCUT2D eigenvalue weighted by Gasteiger charge is 2.35. The van der Waals surface area contributed by atoms with E-state index in [-0.39, 0.29) is 46.5 Å². The van der Waals surface area contributed by atoms with Crippen LogP contribution in [0.15, 0.2) is 174 Å². The lowest BCUT2D eigenvalue weighted by molar-refractivity contribution is -0.122. The summed E-state index contributed by atoms with van der Waals surface area (Å²) >= 11 is 23.7. The molecule has 6 saturated heterocycles. The number of amides is 18. The third-order valence-corrected chi connectivity index (χ3v) is 16.9. The molecule has 12 rings (SSSR count). The summed E-state index contributed by atoms with van der Waals surface area (Å²) in [6.45, 7) is 15.8. The van der Waals surface area contributed by atoms with Crippen molar-refractivity contribution in [3.63, 3.8) is 0 Å². The van der Waals surface area contributed by atoms with Gasteiger partial charge in [-0.15, -0.1) is 0 Å². The summed E-state index contributed by atoms with van der Waals surface area (Å²) in [6.07, 6.45) is 4.76. The number of carbonyl (C=O) groups excluding carboxylic acids is 12. The Morgan fingerprint density at radius 2 is 0.832 bits per heavy atom. The molecule has 0 saturated carbocycles. The first-order valence-corrected chi connectivity index (χ1v) is 32.1. The Morgan fingerprint density at radius 3 is 1.26 bits per heavy atom. The molecule has 522 valence electrons. The number of hydrogen-bond acceptors (Lipinski definition) is 12. The fraction of sp³-hybridized carbons (Fsp3) is 0.178. The Morgan fingerprint density at radius 1 is 0.396 bits per heavy atom. The first-order chi connectivity index (χ1) is 47.6. The predicted octanol–water partition coefficient (Wildman–Crippen LogP) is 12.3. The van der Waals surface area contributed by atoms with Crippen LogP contribution in [0.1, 0.15) is 91.6 Å². The summed E-state index contributed by atoms with van der Waals surface area (Å²) in [4.78, 5) is 141. The van der Waals surface area contributed by atoms with E-state index in [0.29, 0.717) is 54.0 Å². The van der Waals surface area contributed by atoms with Crippen LogP contribution in [-0.2, 0) is 34.2 Å². The van der Waals surface area contributed by atoms with Crippen molar-refractivity contribution in [3.05, 3.63) is 244 Å². The van der Waals surface area contributed by atoms with Gasteiger partial charge in [0.15, 0.2) is 0 Å². The number of aryl methyl sites for hydroxylation is 2. The molecule has 8 N–H and O–H groups in total. The minimum Gasteiger partial charge on any atom is -0.303 e. The lowest BCUT2D eigenvalue weighted by atomic mass is 9.86. The van der Waals surface area contributed by atoms with Crippen molar-refractivity contribution in [3.8, 4) is 0 Å². The number of nitrogens with zero attached hydrogens (tertiary/aromatic N) is 4. The van der Waals surface area contributed by atoms with Crippen molar-refractivity contribution in [2.45, 2.75) is 60.8 Å². The van der Waals surface area contributed by atoms with Gasteiger partial charge in [-0.3, -0.25) is 64.3 Å². The average Bonchev–Trinajstić information content (AvgIpc) is 1.75. The quantitative estimate of drug-likeness (QED) is 0.0570. The number of rotatable bonds is 6. The van der Waals surface area contributed by atoms with Crippen molar-refractivity contribution >= 4 is 153 Å². The van der Waals surface area contributed by atoms with E-state index in [1.165, 1.54) is 37.7 Å². The van der Waals surface area contributed by atoms with Crippen LogP contribution in [0.25, 0.3) is 34.9 Å². The van der Waals surface area contributed by atoms with Gasteiger partial charge < -0.3 is 26.6 Å². The maximum absolute atomic E-state index is 11.6. The molecule has 0 aromatic heterocycles. The summed E-state index contributed by atoms with van der Waals surface area (Å²) < 4.78 is 0. The molecule has 28 heteroatoms. The molecule has 0 unspecified atom stereocenters. The van der Waals surface area contributed by atoms with Crippen LogP contribution in [0, 0.1) is 13.8 Å². The van der Waals surface area contributed by atoms with Gasteiger partial charge in [0.05, 0.1) is 0 Å². The van der Waals surface area contributed by atoms with E-state index in [9.17, 15) is 57.5 Å². The SMILES string of the molecule is C/C(=C1/NC(=O)NC1=O)c1ccc(C(C)(C)C)cc1.C/C(=C1/NC(=O)NC1=O)c1ccccc1C.C/C(=C1\C(=O)NC(=O)N1C)c1ccccc1Cl.CN1C(=O)N/C(=C\c2c(Cl)cccc2Cl)C1=O.CN1C(=O)N/C(=C\c2ccc(Cl)cc2)C1=O.Cc1cccc(/C=C2\NC(=O)N(C)C2=O)c1. The van der Waals surface area contributed by atoms with E-state index < -0.39 is 42.0 Å². The first kappa shape index (κ1) is 76.9. The first-order valence-electron chi connectivity index (χ1n) is 30.6. The van der Waals surface area contributed by atoms with Gasteiger partial charge in [0, 0.05) is 53.8 Å². The number of allylic oxidation sites excluding steroid dienone is 3. The smallest absolute Gasteiger partial charge is 0.303 e. The molecule has 6 fully saturated rings. The van der Waals surface area contributed by atoms with Crippen molar-refractivity contribution in [2.75, 3.05) is 28.2 Å². The van der Waals surface area contributed by atoms with E-state index in [4.69, 9.17) is 46.4 Å². The lowest BCUT2D eigenvalue weighted by Gasteiger charge is -2.19. The largest absolute Gasteiger partial charge is 0.328 e. The monoisotopic (exact) mass is 1450 g/mol. The van der Waals surface area contributed by atoms with E-state index in [1.807, 2.05) is 119 Å². The Bertz CT molecular complexity index is 4590. The van der Waals surface area contributed by atoms with Crippen molar-refractivity contribution in [1.82, 2.24) is 62.1 Å². The van der Waals surface area contributed by atoms with Crippen molar-refractivity contribution in [2.24, 2.45) is 0 Å². The van der Waals surface area contributed by atoms with E-state index in [1.54, 1.807) is 74.7 Å². The number of hydrogen-bond donors (Lipinski definition) is 8. The highest BCUT2D eigenvalue weighted by Crippen LogP contribution is 2.31. The normalized spacial score (nSPS) is 18.1. The molecule has 0 radical (unpaired) electrons. The number of halogens is 4. The molecule has 6 aromatic carbocycles. The molecule has 24 nitrogen and oxygen atoms in total. The van der Waals surface area contributed by atoms with Crippen LogP contribution in [0.4, 0.5) is 28.8 Å². The second-order valence-electron chi connectivity index (χ2n) is 23.9. The molecule has 0 spiro atoms. The number of carbonyl (C=O) groups is 12. The molecule has 101 heavy (non-hydrogen) atoms. The second kappa shape index (κ2) is 33.4. The van der Waals surface area contributed by atoms with Gasteiger partial charge >= 0.3 is 36.2 Å². The zero-order valence-corrected chi connectivity index (χ0v) is 59.7.